The van der Waals surface area contributed by atoms with Crippen LogP contribution in [-0.2, 0) is 11.0 Å². The van der Waals surface area contributed by atoms with Crippen molar-refractivity contribution in [3.63, 3.8) is 0 Å². The van der Waals surface area contributed by atoms with Crippen LogP contribution < -0.4 is 15.4 Å². The third-order valence-corrected chi connectivity index (χ3v) is 6.63. The quantitative estimate of drug-likeness (QED) is 0.670. The standard InChI is InChI=1S/C19H17Cl2F3N4O2/c1-10-17(27-15-6-25-14(5-26-15)19(22,23)24)8-18(10,9-17)28-16(29)7-30-11-2-3-12(20)13(21)4-11/h2-6,10H,7-9H2,1H3,(H,26,27)(H,28,29)/t10-,17?,18?/m0/s1. The highest BCUT2D eigenvalue weighted by atomic mass is 35.5. The summed E-state index contributed by atoms with van der Waals surface area (Å²) in [6.07, 6.45) is -1.46. The number of nitrogens with zero attached hydrogens (tertiary/aromatic N) is 2. The first-order chi connectivity index (χ1) is 14.0. The van der Waals surface area contributed by atoms with Gasteiger partial charge in [-0.05, 0) is 25.0 Å². The van der Waals surface area contributed by atoms with Crippen molar-refractivity contribution in [2.24, 2.45) is 5.92 Å². The van der Waals surface area contributed by atoms with Crippen LogP contribution in [-0.4, -0.2) is 33.6 Å². The van der Waals surface area contributed by atoms with E-state index in [2.05, 4.69) is 20.6 Å². The van der Waals surface area contributed by atoms with Crippen molar-refractivity contribution < 1.29 is 22.7 Å². The van der Waals surface area contributed by atoms with Crippen LogP contribution in [0.1, 0.15) is 25.5 Å². The molecule has 0 aliphatic heterocycles. The molecular weight excluding hydrogens is 444 g/mol. The molecule has 1 heterocycles. The molecule has 0 saturated heterocycles. The minimum absolute atomic E-state index is 0.0722. The first kappa shape index (κ1) is 21.0. The lowest BCUT2D eigenvalue weighted by Gasteiger charge is -2.75. The van der Waals surface area contributed by atoms with E-state index in [4.69, 9.17) is 27.9 Å². The van der Waals surface area contributed by atoms with Gasteiger partial charge in [-0.2, -0.15) is 13.2 Å². The van der Waals surface area contributed by atoms with Crippen LogP contribution in [0, 0.1) is 5.92 Å². The van der Waals surface area contributed by atoms with E-state index in [1.54, 1.807) is 12.1 Å². The van der Waals surface area contributed by atoms with Gasteiger partial charge < -0.3 is 15.4 Å². The van der Waals surface area contributed by atoms with Crippen molar-refractivity contribution in [3.05, 3.63) is 46.3 Å². The second kappa shape index (κ2) is 7.16. The summed E-state index contributed by atoms with van der Waals surface area (Å²) < 4.78 is 43.2. The van der Waals surface area contributed by atoms with Gasteiger partial charge in [0.05, 0.1) is 22.4 Å². The summed E-state index contributed by atoms with van der Waals surface area (Å²) >= 11 is 11.8. The first-order valence-electron chi connectivity index (χ1n) is 9.09. The minimum Gasteiger partial charge on any atom is -0.484 e. The van der Waals surface area contributed by atoms with Crippen LogP contribution in [0.25, 0.3) is 0 Å². The predicted molar refractivity (Wildman–Crippen MR) is 105 cm³/mol. The number of carbonyl (C=O) groups is 1. The molecule has 0 unspecified atom stereocenters. The topological polar surface area (TPSA) is 76.1 Å². The van der Waals surface area contributed by atoms with Gasteiger partial charge >= 0.3 is 6.18 Å². The van der Waals surface area contributed by atoms with Gasteiger partial charge in [0, 0.05) is 23.1 Å². The number of nitrogens with one attached hydrogen (secondary N) is 2. The predicted octanol–water partition coefficient (Wildman–Crippen LogP) is 4.33. The summed E-state index contributed by atoms with van der Waals surface area (Å²) in [6, 6.07) is 4.74. The maximum absolute atomic E-state index is 12.6. The van der Waals surface area contributed by atoms with Crippen LogP contribution in [0.2, 0.25) is 10.0 Å². The smallest absolute Gasteiger partial charge is 0.434 e. The lowest BCUT2D eigenvalue weighted by molar-refractivity contribution is -0.156. The van der Waals surface area contributed by atoms with Crippen molar-refractivity contribution in [2.75, 3.05) is 11.9 Å². The van der Waals surface area contributed by atoms with E-state index in [1.807, 2.05) is 6.92 Å². The Balaban J connectivity index is 1.29. The van der Waals surface area contributed by atoms with Crippen molar-refractivity contribution in [3.8, 4) is 5.75 Å². The summed E-state index contributed by atoms with van der Waals surface area (Å²) in [6.45, 7) is 1.80. The number of carbonyl (C=O) groups excluding carboxylic acids is 1. The van der Waals surface area contributed by atoms with Gasteiger partial charge in [-0.1, -0.05) is 30.1 Å². The van der Waals surface area contributed by atoms with Crippen LogP contribution in [0.3, 0.4) is 0 Å². The molecule has 3 aliphatic rings. The highest BCUT2D eigenvalue weighted by Crippen LogP contribution is 2.65. The Hall–Kier alpha value is -2.26. The molecule has 3 fully saturated rings. The highest BCUT2D eigenvalue weighted by molar-refractivity contribution is 6.42. The highest BCUT2D eigenvalue weighted by Gasteiger charge is 2.74. The fourth-order valence-electron chi connectivity index (χ4n) is 4.17. The Morgan fingerprint density at radius 2 is 1.93 bits per heavy atom. The molecule has 5 rings (SSSR count). The molecule has 1 aromatic heterocycles. The van der Waals surface area contributed by atoms with Gasteiger partial charge in [0.25, 0.3) is 5.91 Å². The number of alkyl halides is 3. The largest absolute Gasteiger partial charge is 0.484 e. The van der Waals surface area contributed by atoms with Gasteiger partial charge in [0.1, 0.15) is 11.6 Å². The molecule has 6 nitrogen and oxygen atoms in total. The monoisotopic (exact) mass is 460 g/mol. The second-order valence-corrected chi connectivity index (χ2v) is 8.52. The van der Waals surface area contributed by atoms with E-state index in [0.717, 1.165) is 6.20 Å². The SMILES string of the molecule is C[C@@H]1C2(NC(=O)COc3ccc(Cl)c(Cl)c3)CC1(Nc1cnc(C(F)(F)F)cn1)C2. The molecule has 1 aromatic carbocycles. The van der Waals surface area contributed by atoms with E-state index in [1.165, 1.54) is 6.07 Å². The molecule has 1 amide bonds. The number of benzene rings is 1. The van der Waals surface area contributed by atoms with Gasteiger partial charge in [0.15, 0.2) is 12.3 Å². The molecule has 0 radical (unpaired) electrons. The van der Waals surface area contributed by atoms with Crippen molar-refractivity contribution in [2.45, 2.75) is 37.0 Å². The van der Waals surface area contributed by atoms with Crippen molar-refractivity contribution in [1.29, 1.82) is 0 Å². The molecule has 1 atom stereocenters. The average molecular weight is 461 g/mol. The Bertz CT molecular complexity index is 979. The second-order valence-electron chi connectivity index (χ2n) is 7.71. The Morgan fingerprint density at radius 3 is 2.50 bits per heavy atom. The average Bonchev–Trinajstić information content (AvgIpc) is 2.67. The number of hydrogen-bond acceptors (Lipinski definition) is 5. The Morgan fingerprint density at radius 1 is 1.20 bits per heavy atom. The number of anilines is 1. The van der Waals surface area contributed by atoms with Gasteiger partial charge in [-0.15, -0.1) is 0 Å². The Labute approximate surface area is 180 Å². The number of rotatable bonds is 6. The number of halogens is 5. The van der Waals surface area contributed by atoms with Crippen LogP contribution in [0.15, 0.2) is 30.6 Å². The third-order valence-electron chi connectivity index (χ3n) is 5.89. The third kappa shape index (κ3) is 3.65. The van der Waals surface area contributed by atoms with E-state index >= 15 is 0 Å². The zero-order valence-electron chi connectivity index (χ0n) is 15.7. The summed E-state index contributed by atoms with van der Waals surface area (Å²) in [5.41, 5.74) is -1.71. The normalized spacial score (nSPS) is 26.9. The number of aromatic nitrogens is 2. The zero-order chi connectivity index (χ0) is 21.7. The summed E-state index contributed by atoms with van der Waals surface area (Å²) in [5, 5.41) is 6.89. The summed E-state index contributed by atoms with van der Waals surface area (Å²) in [7, 11) is 0. The maximum atomic E-state index is 12.6. The summed E-state index contributed by atoms with van der Waals surface area (Å²) in [5.74, 6) is 0.514. The van der Waals surface area contributed by atoms with Gasteiger partial charge in [-0.25, -0.2) is 9.97 Å². The molecule has 30 heavy (non-hydrogen) atoms. The lowest BCUT2D eigenvalue weighted by atomic mass is 9.37. The van der Waals surface area contributed by atoms with Gasteiger partial charge in [0.2, 0.25) is 0 Å². The fraction of sp³-hybridized carbons (Fsp3) is 0.421. The van der Waals surface area contributed by atoms with Crippen molar-refractivity contribution >= 4 is 34.9 Å². The number of hydrogen-bond donors (Lipinski definition) is 2. The molecule has 2 bridgehead atoms. The molecule has 11 heteroatoms. The molecule has 0 spiro atoms. The molecule has 160 valence electrons. The van der Waals surface area contributed by atoms with Gasteiger partial charge in [-0.3, -0.25) is 4.79 Å². The molecular formula is C19H17Cl2F3N4O2. The van der Waals surface area contributed by atoms with Crippen LogP contribution >= 0.6 is 23.2 Å². The molecule has 3 aliphatic carbocycles. The lowest BCUT2D eigenvalue weighted by Crippen LogP contribution is -2.87. The van der Waals surface area contributed by atoms with E-state index < -0.39 is 11.9 Å². The molecule has 2 aromatic rings. The molecule has 2 N–H and O–H groups in total. The van der Waals surface area contributed by atoms with E-state index in [-0.39, 0.29) is 35.3 Å². The number of ether oxygens (including phenoxy) is 1. The van der Waals surface area contributed by atoms with E-state index in [9.17, 15) is 18.0 Å². The zero-order valence-corrected chi connectivity index (χ0v) is 17.2. The maximum Gasteiger partial charge on any atom is 0.434 e. The number of amides is 1. The Kier molecular flexibility index (Phi) is 5.01. The summed E-state index contributed by atoms with van der Waals surface area (Å²) in [4.78, 5) is 19.5. The van der Waals surface area contributed by atoms with Crippen LogP contribution in [0.5, 0.6) is 5.75 Å². The molecule has 3 saturated carbocycles. The van der Waals surface area contributed by atoms with Crippen molar-refractivity contribution in [1.82, 2.24) is 15.3 Å². The van der Waals surface area contributed by atoms with Crippen LogP contribution in [0.4, 0.5) is 19.0 Å². The first-order valence-corrected chi connectivity index (χ1v) is 9.85. The van der Waals surface area contributed by atoms with E-state index in [0.29, 0.717) is 34.8 Å². The fourth-order valence-corrected chi connectivity index (χ4v) is 4.46. The minimum atomic E-state index is -4.52.